The van der Waals surface area contributed by atoms with Crippen molar-refractivity contribution in [3.8, 4) is 11.5 Å². The Kier molecular flexibility index (Phi) is 4.70. The molecule has 2 aromatic rings. The Morgan fingerprint density at radius 1 is 1.19 bits per heavy atom. The first kappa shape index (κ1) is 15.2. The number of halogens is 2. The summed E-state index contributed by atoms with van der Waals surface area (Å²) in [4.78, 5) is 0.218. The molecule has 6 heteroatoms. The highest BCUT2D eigenvalue weighted by molar-refractivity contribution is 7.80. The summed E-state index contributed by atoms with van der Waals surface area (Å²) in [6.45, 7) is 0.0638. The SMILES string of the molecule is COc1cc(COc2cccc(F)c2F)ccc1C(N)=S. The second-order valence-corrected chi connectivity index (χ2v) is 4.68. The van der Waals surface area contributed by atoms with E-state index in [9.17, 15) is 8.78 Å². The lowest BCUT2D eigenvalue weighted by Crippen LogP contribution is -2.11. The van der Waals surface area contributed by atoms with Crippen LogP contribution >= 0.6 is 12.2 Å². The molecule has 2 aromatic carbocycles. The summed E-state index contributed by atoms with van der Waals surface area (Å²) in [6, 6.07) is 8.88. The Balaban J connectivity index is 2.17. The number of benzene rings is 2. The summed E-state index contributed by atoms with van der Waals surface area (Å²) in [5.41, 5.74) is 6.89. The van der Waals surface area contributed by atoms with Crippen LogP contribution in [0.1, 0.15) is 11.1 Å². The molecular weight excluding hydrogens is 296 g/mol. The quantitative estimate of drug-likeness (QED) is 0.862. The van der Waals surface area contributed by atoms with Gasteiger partial charge in [0.15, 0.2) is 11.6 Å². The standard InChI is InChI=1S/C15H13F2NO2S/c1-19-13-7-9(5-6-10(13)15(18)21)8-20-12-4-2-3-11(16)14(12)17/h2-7H,8H2,1H3,(H2,18,21). The van der Waals surface area contributed by atoms with Crippen molar-refractivity contribution >= 4 is 17.2 Å². The predicted octanol–water partition coefficient (Wildman–Crippen LogP) is 3.19. The molecule has 0 heterocycles. The fraction of sp³-hybridized carbons (Fsp3) is 0.133. The average molecular weight is 309 g/mol. The van der Waals surface area contributed by atoms with Crippen molar-refractivity contribution in [3.63, 3.8) is 0 Å². The van der Waals surface area contributed by atoms with Crippen molar-refractivity contribution in [2.75, 3.05) is 7.11 Å². The highest BCUT2D eigenvalue weighted by Gasteiger charge is 2.10. The van der Waals surface area contributed by atoms with E-state index in [0.717, 1.165) is 11.6 Å². The monoisotopic (exact) mass is 309 g/mol. The second-order valence-electron chi connectivity index (χ2n) is 4.24. The Morgan fingerprint density at radius 2 is 1.95 bits per heavy atom. The molecule has 3 nitrogen and oxygen atoms in total. The first-order valence-corrected chi connectivity index (χ1v) is 6.47. The van der Waals surface area contributed by atoms with Crippen molar-refractivity contribution in [2.45, 2.75) is 6.61 Å². The van der Waals surface area contributed by atoms with Crippen molar-refractivity contribution in [1.29, 1.82) is 0 Å². The molecule has 2 N–H and O–H groups in total. The molecule has 2 rings (SSSR count). The molecule has 0 radical (unpaired) electrons. The van der Waals surface area contributed by atoms with Crippen LogP contribution in [0.25, 0.3) is 0 Å². The fourth-order valence-electron chi connectivity index (χ4n) is 1.79. The molecule has 0 aromatic heterocycles. The molecule has 0 aliphatic heterocycles. The van der Waals surface area contributed by atoms with Crippen molar-refractivity contribution in [3.05, 3.63) is 59.2 Å². The van der Waals surface area contributed by atoms with Crippen molar-refractivity contribution in [1.82, 2.24) is 0 Å². The number of ether oxygens (including phenoxy) is 2. The maximum Gasteiger partial charge on any atom is 0.200 e. The fourth-order valence-corrected chi connectivity index (χ4v) is 1.95. The molecule has 0 fully saturated rings. The number of nitrogens with two attached hydrogens (primary N) is 1. The van der Waals surface area contributed by atoms with Crippen LogP contribution in [0.3, 0.4) is 0 Å². The summed E-state index contributed by atoms with van der Waals surface area (Å²) >= 11 is 4.91. The molecule has 21 heavy (non-hydrogen) atoms. The van der Waals surface area contributed by atoms with E-state index < -0.39 is 11.6 Å². The third kappa shape index (κ3) is 3.46. The molecule has 0 saturated carbocycles. The smallest absolute Gasteiger partial charge is 0.200 e. The third-order valence-electron chi connectivity index (χ3n) is 2.84. The molecule has 0 bridgehead atoms. The molecule has 0 amide bonds. The van der Waals surface area contributed by atoms with Gasteiger partial charge in [-0.2, -0.15) is 4.39 Å². The Labute approximate surface area is 126 Å². The van der Waals surface area contributed by atoms with Gasteiger partial charge in [0.25, 0.3) is 0 Å². The summed E-state index contributed by atoms with van der Waals surface area (Å²) in [5, 5.41) is 0. The van der Waals surface area contributed by atoms with Gasteiger partial charge in [-0.1, -0.05) is 24.4 Å². The van der Waals surface area contributed by atoms with E-state index in [1.165, 1.54) is 19.2 Å². The molecule has 0 saturated heterocycles. The summed E-state index contributed by atoms with van der Waals surface area (Å²) < 4.78 is 37.0. The third-order valence-corrected chi connectivity index (χ3v) is 3.06. The lowest BCUT2D eigenvalue weighted by atomic mass is 10.1. The zero-order chi connectivity index (χ0) is 15.4. The summed E-state index contributed by atoms with van der Waals surface area (Å²) in [7, 11) is 1.49. The molecule has 0 spiro atoms. The van der Waals surface area contributed by atoms with Gasteiger partial charge in [0, 0.05) is 0 Å². The van der Waals surface area contributed by atoms with Gasteiger partial charge < -0.3 is 15.2 Å². The first-order chi connectivity index (χ1) is 10.0. The van der Waals surface area contributed by atoms with Gasteiger partial charge >= 0.3 is 0 Å². The van der Waals surface area contributed by atoms with E-state index in [-0.39, 0.29) is 17.3 Å². The average Bonchev–Trinajstić information content (AvgIpc) is 2.48. The molecule has 110 valence electrons. The minimum atomic E-state index is -1.01. The first-order valence-electron chi connectivity index (χ1n) is 6.06. The van der Waals surface area contributed by atoms with Gasteiger partial charge in [-0.25, -0.2) is 4.39 Å². The Bertz CT molecular complexity index is 677. The zero-order valence-corrected chi connectivity index (χ0v) is 12.0. The topological polar surface area (TPSA) is 44.5 Å². The van der Waals surface area contributed by atoms with Gasteiger partial charge in [0.05, 0.1) is 12.7 Å². The minimum absolute atomic E-state index is 0.0638. The number of methoxy groups -OCH3 is 1. The van der Waals surface area contributed by atoms with Gasteiger partial charge in [-0.15, -0.1) is 0 Å². The van der Waals surface area contributed by atoms with Gasteiger partial charge in [0.2, 0.25) is 5.82 Å². The van der Waals surface area contributed by atoms with Crippen LogP contribution in [0.4, 0.5) is 8.78 Å². The number of hydrogen-bond acceptors (Lipinski definition) is 3. The van der Waals surface area contributed by atoms with Gasteiger partial charge in [0.1, 0.15) is 17.3 Å². The van der Waals surface area contributed by atoms with E-state index in [4.69, 9.17) is 27.4 Å². The molecule has 0 unspecified atom stereocenters. The van der Waals surface area contributed by atoms with Crippen LogP contribution < -0.4 is 15.2 Å². The molecule has 0 atom stereocenters. The largest absolute Gasteiger partial charge is 0.496 e. The second kappa shape index (κ2) is 6.49. The molecule has 0 aliphatic carbocycles. The zero-order valence-electron chi connectivity index (χ0n) is 11.2. The predicted molar refractivity (Wildman–Crippen MR) is 79.6 cm³/mol. The number of thiocarbonyl (C=S) groups is 1. The van der Waals surface area contributed by atoms with Gasteiger partial charge in [-0.3, -0.25) is 0 Å². The lowest BCUT2D eigenvalue weighted by molar-refractivity contribution is 0.284. The molecular formula is C15H13F2NO2S. The van der Waals surface area contributed by atoms with Gasteiger partial charge in [-0.05, 0) is 29.8 Å². The minimum Gasteiger partial charge on any atom is -0.496 e. The van der Waals surface area contributed by atoms with Crippen LogP contribution in [0, 0.1) is 11.6 Å². The Hall–Kier alpha value is -2.21. The van der Waals surface area contributed by atoms with E-state index in [1.807, 2.05) is 0 Å². The van der Waals surface area contributed by atoms with E-state index in [1.54, 1.807) is 18.2 Å². The van der Waals surface area contributed by atoms with Crippen LogP contribution in [-0.2, 0) is 6.61 Å². The normalized spacial score (nSPS) is 10.2. The van der Waals surface area contributed by atoms with Crippen LogP contribution in [0.2, 0.25) is 0 Å². The van der Waals surface area contributed by atoms with Crippen LogP contribution in [-0.4, -0.2) is 12.1 Å². The molecule has 0 aliphatic rings. The van der Waals surface area contributed by atoms with Crippen LogP contribution in [0.5, 0.6) is 11.5 Å². The summed E-state index contributed by atoms with van der Waals surface area (Å²) in [6.07, 6.45) is 0. The maximum absolute atomic E-state index is 13.5. The summed E-state index contributed by atoms with van der Waals surface area (Å²) in [5.74, 6) is -1.60. The number of rotatable bonds is 5. The maximum atomic E-state index is 13.5. The Morgan fingerprint density at radius 3 is 2.62 bits per heavy atom. The highest BCUT2D eigenvalue weighted by Crippen LogP contribution is 2.23. The van der Waals surface area contributed by atoms with E-state index >= 15 is 0 Å². The van der Waals surface area contributed by atoms with Crippen molar-refractivity contribution < 1.29 is 18.3 Å². The lowest BCUT2D eigenvalue weighted by Gasteiger charge is -2.11. The number of hydrogen-bond donors (Lipinski definition) is 1. The van der Waals surface area contributed by atoms with Crippen molar-refractivity contribution in [2.24, 2.45) is 5.73 Å². The highest BCUT2D eigenvalue weighted by atomic mass is 32.1. The van der Waals surface area contributed by atoms with E-state index in [0.29, 0.717) is 11.3 Å². The van der Waals surface area contributed by atoms with E-state index in [2.05, 4.69) is 0 Å². The van der Waals surface area contributed by atoms with Crippen LogP contribution in [0.15, 0.2) is 36.4 Å².